The molecule has 1 aliphatic carbocycles. The minimum Gasteiger partial charge on any atom is -0.379 e. The number of methoxy groups -OCH3 is 1. The second kappa shape index (κ2) is 3.71. The van der Waals surface area contributed by atoms with Crippen LogP contribution in [0, 0.1) is 11.8 Å². The Kier molecular flexibility index (Phi) is 2.41. The predicted molar refractivity (Wildman–Crippen MR) is 53.7 cm³/mol. The van der Waals surface area contributed by atoms with Gasteiger partial charge in [0.15, 0.2) is 0 Å². The fraction of sp³-hybridized carbons (Fsp3) is 0.364. The summed E-state index contributed by atoms with van der Waals surface area (Å²) in [4.78, 5) is 4.33. The van der Waals surface area contributed by atoms with E-state index >= 15 is 0 Å². The molecule has 0 saturated heterocycles. The monoisotopic (exact) mass is 175 g/mol. The summed E-state index contributed by atoms with van der Waals surface area (Å²) < 4.78 is 5.11. The molecule has 0 radical (unpaired) electrons. The molecule has 68 valence electrons. The number of nitrogens with zero attached hydrogens (tertiary/aromatic N) is 1. The zero-order valence-corrected chi connectivity index (χ0v) is 7.68. The van der Waals surface area contributed by atoms with Crippen LogP contribution in [0.15, 0.2) is 41.6 Å². The molecular formula is C11H13NO. The lowest BCUT2D eigenvalue weighted by atomic mass is 9.83. The van der Waals surface area contributed by atoms with Crippen LogP contribution in [0.25, 0.3) is 0 Å². The fourth-order valence-electron chi connectivity index (χ4n) is 1.75. The molecule has 2 aliphatic rings. The average Bonchev–Trinajstić information content (AvgIpc) is 2.19. The molecule has 1 aliphatic heterocycles. The van der Waals surface area contributed by atoms with E-state index in [-0.39, 0.29) is 0 Å². The summed E-state index contributed by atoms with van der Waals surface area (Å²) in [5, 5.41) is 0. The average molecular weight is 175 g/mol. The zero-order chi connectivity index (χ0) is 9.10. The molecule has 13 heavy (non-hydrogen) atoms. The highest BCUT2D eigenvalue weighted by molar-refractivity contribution is 5.91. The molecule has 2 nitrogen and oxygen atoms in total. The van der Waals surface area contributed by atoms with Gasteiger partial charge in [-0.25, -0.2) is 0 Å². The van der Waals surface area contributed by atoms with E-state index in [1.54, 1.807) is 7.11 Å². The lowest BCUT2D eigenvalue weighted by Crippen LogP contribution is -2.26. The smallest absolute Gasteiger partial charge is 0.0851 e. The van der Waals surface area contributed by atoms with Crippen LogP contribution >= 0.6 is 0 Å². The van der Waals surface area contributed by atoms with Crippen molar-refractivity contribution in [3.05, 3.63) is 36.6 Å². The van der Waals surface area contributed by atoms with Gasteiger partial charge in [-0.1, -0.05) is 30.4 Å². The molecule has 2 rings (SSSR count). The van der Waals surface area contributed by atoms with Gasteiger partial charge in [-0.2, -0.15) is 0 Å². The summed E-state index contributed by atoms with van der Waals surface area (Å²) in [6.07, 6.45) is 12.5. The molecule has 1 heterocycles. The van der Waals surface area contributed by atoms with E-state index in [2.05, 4.69) is 35.4 Å². The van der Waals surface area contributed by atoms with Gasteiger partial charge >= 0.3 is 0 Å². The SMILES string of the molecule is COCC1=NC=CC2C=CC=CC12. The predicted octanol–water partition coefficient (Wildman–Crippen LogP) is 1.96. The van der Waals surface area contributed by atoms with Crippen molar-refractivity contribution in [2.45, 2.75) is 0 Å². The first kappa shape index (κ1) is 8.45. The summed E-state index contributed by atoms with van der Waals surface area (Å²) in [5.74, 6) is 0.891. The standard InChI is InChI=1S/C11H13NO/c1-13-8-11-10-5-3-2-4-9(10)6-7-12-11/h2-7,9-10H,8H2,1H3. The number of ether oxygens (including phenoxy) is 1. The van der Waals surface area contributed by atoms with Gasteiger partial charge in [0.05, 0.1) is 12.3 Å². The molecule has 2 heteroatoms. The lowest BCUT2D eigenvalue weighted by molar-refractivity contribution is 0.241. The van der Waals surface area contributed by atoms with Gasteiger partial charge in [-0.05, 0) is 0 Å². The molecule has 0 amide bonds. The van der Waals surface area contributed by atoms with Crippen LogP contribution in [0.2, 0.25) is 0 Å². The molecule has 0 N–H and O–H groups in total. The van der Waals surface area contributed by atoms with Crippen LogP contribution in [0.1, 0.15) is 0 Å². The number of hydrogen-bond acceptors (Lipinski definition) is 2. The van der Waals surface area contributed by atoms with Crippen molar-refractivity contribution in [2.75, 3.05) is 13.7 Å². The highest BCUT2D eigenvalue weighted by atomic mass is 16.5. The van der Waals surface area contributed by atoms with Crippen molar-refractivity contribution in [1.82, 2.24) is 0 Å². The van der Waals surface area contributed by atoms with Crippen LogP contribution in [0.5, 0.6) is 0 Å². The molecule has 0 spiro atoms. The summed E-state index contributed by atoms with van der Waals surface area (Å²) >= 11 is 0. The normalized spacial score (nSPS) is 30.1. The van der Waals surface area contributed by atoms with Crippen molar-refractivity contribution in [2.24, 2.45) is 16.8 Å². The van der Waals surface area contributed by atoms with Crippen LogP contribution in [-0.2, 0) is 4.74 Å². The van der Waals surface area contributed by atoms with E-state index in [9.17, 15) is 0 Å². The number of aliphatic imine (C=N–C) groups is 1. The van der Waals surface area contributed by atoms with Crippen LogP contribution < -0.4 is 0 Å². The van der Waals surface area contributed by atoms with Crippen LogP contribution in [0.3, 0.4) is 0 Å². The summed E-state index contributed by atoms with van der Waals surface area (Å²) in [5.41, 5.74) is 1.12. The number of hydrogen-bond donors (Lipinski definition) is 0. The first-order valence-electron chi connectivity index (χ1n) is 4.49. The Bertz CT molecular complexity index is 299. The molecule has 0 aromatic rings. The Morgan fingerprint density at radius 3 is 3.00 bits per heavy atom. The van der Waals surface area contributed by atoms with Crippen LogP contribution in [-0.4, -0.2) is 19.4 Å². The van der Waals surface area contributed by atoms with Crippen molar-refractivity contribution in [3.63, 3.8) is 0 Å². The Morgan fingerprint density at radius 2 is 2.15 bits per heavy atom. The van der Waals surface area contributed by atoms with Gasteiger partial charge in [-0.3, -0.25) is 4.99 Å². The fourth-order valence-corrected chi connectivity index (χ4v) is 1.75. The topological polar surface area (TPSA) is 21.6 Å². The first-order valence-corrected chi connectivity index (χ1v) is 4.49. The lowest BCUT2D eigenvalue weighted by Gasteiger charge is -2.25. The van der Waals surface area contributed by atoms with Gasteiger partial charge in [-0.15, -0.1) is 0 Å². The zero-order valence-electron chi connectivity index (χ0n) is 7.68. The number of rotatable bonds is 2. The second-order valence-electron chi connectivity index (χ2n) is 3.27. The molecule has 0 aromatic heterocycles. The first-order chi connectivity index (χ1) is 6.42. The molecule has 2 unspecified atom stereocenters. The van der Waals surface area contributed by atoms with Gasteiger partial charge in [0.1, 0.15) is 0 Å². The second-order valence-corrected chi connectivity index (χ2v) is 3.27. The molecule has 2 atom stereocenters. The molecular weight excluding hydrogens is 162 g/mol. The van der Waals surface area contributed by atoms with Crippen molar-refractivity contribution in [1.29, 1.82) is 0 Å². The number of allylic oxidation sites excluding steroid dienone is 5. The van der Waals surface area contributed by atoms with Crippen molar-refractivity contribution in [3.8, 4) is 0 Å². The third kappa shape index (κ3) is 1.63. The largest absolute Gasteiger partial charge is 0.379 e. The van der Waals surface area contributed by atoms with Gasteiger partial charge < -0.3 is 4.74 Å². The van der Waals surface area contributed by atoms with E-state index in [1.807, 2.05) is 6.20 Å². The van der Waals surface area contributed by atoms with E-state index in [0.717, 1.165) is 5.71 Å². The van der Waals surface area contributed by atoms with Gasteiger partial charge in [0.25, 0.3) is 0 Å². The Morgan fingerprint density at radius 1 is 1.31 bits per heavy atom. The Labute approximate surface area is 78.3 Å². The molecule has 0 saturated carbocycles. The van der Waals surface area contributed by atoms with Crippen molar-refractivity contribution >= 4 is 5.71 Å². The molecule has 0 fully saturated rings. The minimum absolute atomic E-state index is 0.412. The van der Waals surface area contributed by atoms with E-state index in [1.165, 1.54) is 0 Å². The summed E-state index contributed by atoms with van der Waals surface area (Å²) in [7, 11) is 1.71. The summed E-state index contributed by atoms with van der Waals surface area (Å²) in [6.45, 7) is 0.629. The van der Waals surface area contributed by atoms with Gasteiger partial charge in [0.2, 0.25) is 0 Å². The van der Waals surface area contributed by atoms with E-state index in [0.29, 0.717) is 18.4 Å². The summed E-state index contributed by atoms with van der Waals surface area (Å²) in [6, 6.07) is 0. The highest BCUT2D eigenvalue weighted by Crippen LogP contribution is 2.25. The molecule has 0 bridgehead atoms. The third-order valence-electron chi connectivity index (χ3n) is 2.40. The number of fused-ring (bicyclic) bond motifs is 1. The maximum absolute atomic E-state index is 5.11. The van der Waals surface area contributed by atoms with E-state index < -0.39 is 0 Å². The quantitative estimate of drug-likeness (QED) is 0.628. The molecule has 0 aromatic carbocycles. The maximum Gasteiger partial charge on any atom is 0.0851 e. The van der Waals surface area contributed by atoms with E-state index in [4.69, 9.17) is 4.74 Å². The Balaban J connectivity index is 2.19. The maximum atomic E-state index is 5.11. The van der Waals surface area contributed by atoms with Crippen LogP contribution in [0.4, 0.5) is 0 Å². The third-order valence-corrected chi connectivity index (χ3v) is 2.40. The van der Waals surface area contributed by atoms with Crippen molar-refractivity contribution < 1.29 is 4.74 Å². The highest BCUT2D eigenvalue weighted by Gasteiger charge is 2.23. The Hall–Kier alpha value is -1.15. The van der Waals surface area contributed by atoms with Gasteiger partial charge in [0, 0.05) is 25.1 Å². The minimum atomic E-state index is 0.412.